The number of aromatic nitrogens is 2. The number of aryl methyl sites for hydroxylation is 1. The summed E-state index contributed by atoms with van der Waals surface area (Å²) in [5.41, 5.74) is 2.27. The van der Waals surface area contributed by atoms with Crippen LogP contribution in [0.2, 0.25) is 0 Å². The SMILES string of the molecule is CNC(Cc1nc2ccccc2n1C)C1CCCO1. The molecular weight excluding hydrogens is 238 g/mol. The first kappa shape index (κ1) is 12.6. The first-order chi connectivity index (χ1) is 9.29. The third kappa shape index (κ3) is 2.38. The summed E-state index contributed by atoms with van der Waals surface area (Å²) in [5.74, 6) is 1.12. The molecule has 2 heterocycles. The Balaban J connectivity index is 1.85. The lowest BCUT2D eigenvalue weighted by Crippen LogP contribution is -2.39. The highest BCUT2D eigenvalue weighted by molar-refractivity contribution is 5.75. The fourth-order valence-electron chi connectivity index (χ4n) is 2.91. The molecule has 2 atom stereocenters. The Labute approximate surface area is 113 Å². The molecule has 1 aromatic heterocycles. The van der Waals surface area contributed by atoms with Gasteiger partial charge in [0.2, 0.25) is 0 Å². The van der Waals surface area contributed by atoms with Crippen LogP contribution in [0.5, 0.6) is 0 Å². The van der Waals surface area contributed by atoms with Crippen molar-refractivity contribution in [3.8, 4) is 0 Å². The smallest absolute Gasteiger partial charge is 0.111 e. The summed E-state index contributed by atoms with van der Waals surface area (Å²) in [5, 5.41) is 3.39. The minimum Gasteiger partial charge on any atom is -0.377 e. The van der Waals surface area contributed by atoms with Gasteiger partial charge in [-0.3, -0.25) is 0 Å². The summed E-state index contributed by atoms with van der Waals surface area (Å²) in [6.45, 7) is 0.894. The maximum absolute atomic E-state index is 5.79. The van der Waals surface area contributed by atoms with Crippen molar-refractivity contribution in [3.05, 3.63) is 30.1 Å². The zero-order valence-corrected chi connectivity index (χ0v) is 11.6. The number of hydrogen-bond donors (Lipinski definition) is 1. The maximum atomic E-state index is 5.79. The molecule has 1 aliphatic rings. The lowest BCUT2D eigenvalue weighted by atomic mass is 10.0. The largest absolute Gasteiger partial charge is 0.377 e. The number of ether oxygens (including phenoxy) is 1. The van der Waals surface area contributed by atoms with Crippen LogP contribution in [0.3, 0.4) is 0 Å². The predicted octanol–water partition coefficient (Wildman–Crippen LogP) is 1.88. The number of imidazole rings is 1. The van der Waals surface area contributed by atoms with E-state index in [-0.39, 0.29) is 0 Å². The number of benzene rings is 1. The molecule has 0 aliphatic carbocycles. The van der Waals surface area contributed by atoms with Gasteiger partial charge < -0.3 is 14.6 Å². The van der Waals surface area contributed by atoms with Gasteiger partial charge in [0.25, 0.3) is 0 Å². The van der Waals surface area contributed by atoms with E-state index in [0.29, 0.717) is 12.1 Å². The quantitative estimate of drug-likeness (QED) is 0.911. The van der Waals surface area contributed by atoms with E-state index in [0.717, 1.165) is 30.8 Å². The lowest BCUT2D eigenvalue weighted by Gasteiger charge is -2.22. The maximum Gasteiger partial charge on any atom is 0.111 e. The second kappa shape index (κ2) is 5.31. The van der Waals surface area contributed by atoms with Crippen LogP contribution < -0.4 is 5.32 Å². The van der Waals surface area contributed by atoms with Gasteiger partial charge in [-0.2, -0.15) is 0 Å². The summed E-state index contributed by atoms with van der Waals surface area (Å²) in [6, 6.07) is 8.63. The van der Waals surface area contributed by atoms with Crippen LogP contribution in [-0.2, 0) is 18.2 Å². The number of nitrogens with zero attached hydrogens (tertiary/aromatic N) is 2. The topological polar surface area (TPSA) is 39.1 Å². The number of para-hydroxylation sites is 2. The minimum absolute atomic E-state index is 0.324. The van der Waals surface area contributed by atoms with Gasteiger partial charge in [-0.05, 0) is 32.0 Å². The molecule has 2 aromatic rings. The highest BCUT2D eigenvalue weighted by Crippen LogP contribution is 2.20. The first-order valence-corrected chi connectivity index (χ1v) is 6.99. The van der Waals surface area contributed by atoms with Crippen LogP contribution in [0.15, 0.2) is 24.3 Å². The van der Waals surface area contributed by atoms with Crippen molar-refractivity contribution < 1.29 is 4.74 Å². The summed E-state index contributed by atoms with van der Waals surface area (Å²) >= 11 is 0. The molecule has 4 heteroatoms. The zero-order valence-electron chi connectivity index (χ0n) is 11.6. The predicted molar refractivity (Wildman–Crippen MR) is 76.2 cm³/mol. The van der Waals surface area contributed by atoms with Gasteiger partial charge in [-0.25, -0.2) is 4.98 Å². The third-order valence-electron chi connectivity index (χ3n) is 4.07. The second-order valence-electron chi connectivity index (χ2n) is 5.23. The molecule has 1 aliphatic heterocycles. The number of rotatable bonds is 4. The Morgan fingerprint density at radius 2 is 2.32 bits per heavy atom. The van der Waals surface area contributed by atoms with Crippen molar-refractivity contribution in [2.24, 2.45) is 7.05 Å². The van der Waals surface area contributed by atoms with Crippen LogP contribution in [0.1, 0.15) is 18.7 Å². The average Bonchev–Trinajstić information content (AvgIpc) is 3.06. The Morgan fingerprint density at radius 1 is 1.47 bits per heavy atom. The molecule has 0 spiro atoms. The molecule has 19 heavy (non-hydrogen) atoms. The molecule has 0 saturated carbocycles. The van der Waals surface area contributed by atoms with E-state index >= 15 is 0 Å². The van der Waals surface area contributed by atoms with Crippen molar-refractivity contribution in [1.29, 1.82) is 0 Å². The second-order valence-corrected chi connectivity index (χ2v) is 5.23. The molecule has 2 unspecified atom stereocenters. The number of likely N-dealkylation sites (N-methyl/N-ethyl adjacent to an activating group) is 1. The number of fused-ring (bicyclic) bond motifs is 1. The van der Waals surface area contributed by atoms with E-state index in [1.165, 1.54) is 11.9 Å². The van der Waals surface area contributed by atoms with Crippen LogP contribution in [0.4, 0.5) is 0 Å². The summed E-state index contributed by atoms with van der Waals surface area (Å²) in [6.07, 6.45) is 3.55. The molecule has 1 N–H and O–H groups in total. The van der Waals surface area contributed by atoms with Gasteiger partial charge in [0.05, 0.1) is 17.1 Å². The van der Waals surface area contributed by atoms with Crippen LogP contribution in [0, 0.1) is 0 Å². The van der Waals surface area contributed by atoms with Gasteiger partial charge in [-0.1, -0.05) is 12.1 Å². The Kier molecular flexibility index (Phi) is 3.53. The van der Waals surface area contributed by atoms with E-state index in [1.54, 1.807) is 0 Å². The molecule has 1 saturated heterocycles. The molecule has 3 rings (SSSR count). The van der Waals surface area contributed by atoms with Gasteiger partial charge in [0, 0.05) is 26.1 Å². The van der Waals surface area contributed by atoms with Crippen molar-refractivity contribution in [3.63, 3.8) is 0 Å². The van der Waals surface area contributed by atoms with E-state index in [9.17, 15) is 0 Å². The van der Waals surface area contributed by atoms with Crippen LogP contribution in [-0.4, -0.2) is 35.4 Å². The standard InChI is InChI=1S/C15H21N3O/c1-16-12(14-8-5-9-19-14)10-15-17-11-6-3-4-7-13(11)18(15)2/h3-4,6-7,12,14,16H,5,8-10H2,1-2H3. The van der Waals surface area contributed by atoms with Crippen molar-refractivity contribution in [2.45, 2.75) is 31.4 Å². The van der Waals surface area contributed by atoms with E-state index in [4.69, 9.17) is 9.72 Å². The molecule has 1 aromatic carbocycles. The van der Waals surface area contributed by atoms with Crippen molar-refractivity contribution in [1.82, 2.24) is 14.9 Å². The Bertz CT molecular complexity index is 558. The van der Waals surface area contributed by atoms with Gasteiger partial charge >= 0.3 is 0 Å². The summed E-state index contributed by atoms with van der Waals surface area (Å²) in [4.78, 5) is 4.74. The third-order valence-corrected chi connectivity index (χ3v) is 4.07. The minimum atomic E-state index is 0.324. The molecule has 0 radical (unpaired) electrons. The highest BCUT2D eigenvalue weighted by Gasteiger charge is 2.26. The normalized spacial score (nSPS) is 21.1. The fourth-order valence-corrected chi connectivity index (χ4v) is 2.91. The van der Waals surface area contributed by atoms with E-state index < -0.39 is 0 Å². The van der Waals surface area contributed by atoms with Gasteiger partial charge in [-0.15, -0.1) is 0 Å². The first-order valence-electron chi connectivity index (χ1n) is 6.99. The molecule has 0 bridgehead atoms. The van der Waals surface area contributed by atoms with E-state index in [1.807, 2.05) is 13.1 Å². The molecular formula is C15H21N3O. The number of nitrogens with one attached hydrogen (secondary N) is 1. The van der Waals surface area contributed by atoms with Crippen LogP contribution >= 0.6 is 0 Å². The van der Waals surface area contributed by atoms with Crippen molar-refractivity contribution in [2.75, 3.05) is 13.7 Å². The molecule has 102 valence electrons. The number of hydrogen-bond acceptors (Lipinski definition) is 3. The zero-order chi connectivity index (χ0) is 13.2. The van der Waals surface area contributed by atoms with E-state index in [2.05, 4.69) is 35.1 Å². The van der Waals surface area contributed by atoms with Gasteiger partial charge in [0.15, 0.2) is 0 Å². The van der Waals surface area contributed by atoms with Gasteiger partial charge in [0.1, 0.15) is 5.82 Å². The van der Waals surface area contributed by atoms with Crippen molar-refractivity contribution >= 4 is 11.0 Å². The highest BCUT2D eigenvalue weighted by atomic mass is 16.5. The Hall–Kier alpha value is -1.39. The van der Waals surface area contributed by atoms with Crippen LogP contribution in [0.25, 0.3) is 11.0 Å². The molecule has 1 fully saturated rings. The lowest BCUT2D eigenvalue weighted by molar-refractivity contribution is 0.0801. The fraction of sp³-hybridized carbons (Fsp3) is 0.533. The monoisotopic (exact) mass is 259 g/mol. The Morgan fingerprint density at radius 3 is 3.00 bits per heavy atom. The summed E-state index contributed by atoms with van der Waals surface area (Å²) < 4.78 is 7.98. The average molecular weight is 259 g/mol. The summed E-state index contributed by atoms with van der Waals surface area (Å²) in [7, 11) is 4.10. The molecule has 4 nitrogen and oxygen atoms in total. The molecule has 0 amide bonds.